The van der Waals surface area contributed by atoms with Gasteiger partial charge in [0.1, 0.15) is 0 Å². The van der Waals surface area contributed by atoms with Crippen molar-refractivity contribution >= 4 is 10.8 Å². The average molecular weight is 207 g/mol. The number of rotatable bonds is 8. The van der Waals surface area contributed by atoms with E-state index < -0.39 is 10.8 Å². The number of hydrogen-bond acceptors (Lipinski definition) is 3. The maximum Gasteiger partial charge on any atom is 0.0471 e. The molecule has 0 bridgehead atoms. The van der Waals surface area contributed by atoms with Gasteiger partial charge in [0.05, 0.1) is 0 Å². The molecule has 0 amide bonds. The van der Waals surface area contributed by atoms with Crippen molar-refractivity contribution in [3.05, 3.63) is 0 Å². The zero-order chi connectivity index (χ0) is 10.1. The first kappa shape index (κ1) is 13.1. The van der Waals surface area contributed by atoms with Gasteiger partial charge in [0, 0.05) is 42.1 Å². The van der Waals surface area contributed by atoms with E-state index in [1.165, 1.54) is 0 Å². The molecule has 80 valence electrons. The van der Waals surface area contributed by atoms with Crippen molar-refractivity contribution in [3.63, 3.8) is 0 Å². The minimum absolute atomic E-state index is 0.464. The van der Waals surface area contributed by atoms with Crippen molar-refractivity contribution in [1.29, 1.82) is 0 Å². The van der Waals surface area contributed by atoms with Crippen LogP contribution >= 0.6 is 0 Å². The van der Waals surface area contributed by atoms with Gasteiger partial charge in [-0.2, -0.15) is 0 Å². The zero-order valence-electron chi connectivity index (χ0n) is 8.84. The van der Waals surface area contributed by atoms with E-state index in [0.29, 0.717) is 12.6 Å². The molecule has 0 spiro atoms. The van der Waals surface area contributed by atoms with Crippen LogP contribution < -0.4 is 5.32 Å². The molecule has 0 saturated carbocycles. The minimum atomic E-state index is -0.664. The van der Waals surface area contributed by atoms with E-state index >= 15 is 0 Å². The summed E-state index contributed by atoms with van der Waals surface area (Å²) in [6.45, 7) is 2.82. The first-order valence-electron chi connectivity index (χ1n) is 4.72. The Morgan fingerprint density at radius 1 is 1.46 bits per heavy atom. The fraction of sp³-hybridized carbons (Fsp3) is 1.00. The van der Waals surface area contributed by atoms with Gasteiger partial charge < -0.3 is 10.1 Å². The van der Waals surface area contributed by atoms with E-state index in [1.54, 1.807) is 7.11 Å². The third kappa shape index (κ3) is 8.40. The van der Waals surface area contributed by atoms with Crippen molar-refractivity contribution < 1.29 is 8.95 Å². The second kappa shape index (κ2) is 8.66. The molecule has 0 saturated heterocycles. The predicted molar refractivity (Wildman–Crippen MR) is 57.5 cm³/mol. The Morgan fingerprint density at radius 2 is 2.15 bits per heavy atom. The van der Waals surface area contributed by atoms with Crippen LogP contribution in [0.25, 0.3) is 0 Å². The highest BCUT2D eigenvalue weighted by atomic mass is 32.2. The molecular weight excluding hydrogens is 186 g/mol. The molecule has 0 aliphatic rings. The summed E-state index contributed by atoms with van der Waals surface area (Å²) in [5.74, 6) is 1.57. The highest BCUT2D eigenvalue weighted by Gasteiger charge is 2.03. The molecule has 0 heterocycles. The summed E-state index contributed by atoms with van der Waals surface area (Å²) in [5.41, 5.74) is 0. The lowest BCUT2D eigenvalue weighted by Crippen LogP contribution is -2.23. The number of ether oxygens (including phenoxy) is 1. The van der Waals surface area contributed by atoms with Crippen LogP contribution in [0.2, 0.25) is 0 Å². The molecule has 4 heteroatoms. The molecule has 0 aromatic carbocycles. The smallest absolute Gasteiger partial charge is 0.0471 e. The van der Waals surface area contributed by atoms with Crippen LogP contribution in [0.15, 0.2) is 0 Å². The van der Waals surface area contributed by atoms with Gasteiger partial charge >= 0.3 is 0 Å². The average Bonchev–Trinajstić information content (AvgIpc) is 2.14. The predicted octanol–water partition coefficient (Wildman–Crippen LogP) is 0.770. The van der Waals surface area contributed by atoms with Crippen LogP contribution in [0.1, 0.15) is 19.8 Å². The highest BCUT2D eigenvalue weighted by Crippen LogP contribution is 1.95. The van der Waals surface area contributed by atoms with Crippen molar-refractivity contribution in [2.45, 2.75) is 25.8 Å². The Morgan fingerprint density at radius 3 is 2.69 bits per heavy atom. The van der Waals surface area contributed by atoms with E-state index in [1.807, 2.05) is 7.05 Å². The Hall–Kier alpha value is 0.0700. The largest absolute Gasteiger partial charge is 0.385 e. The van der Waals surface area contributed by atoms with Crippen LogP contribution in [-0.4, -0.2) is 42.5 Å². The van der Waals surface area contributed by atoms with Crippen LogP contribution in [0.5, 0.6) is 0 Å². The number of hydrogen-bond donors (Lipinski definition) is 1. The van der Waals surface area contributed by atoms with Crippen LogP contribution in [0, 0.1) is 0 Å². The molecule has 3 nitrogen and oxygen atoms in total. The molecule has 0 fully saturated rings. The maximum atomic E-state index is 11.4. The van der Waals surface area contributed by atoms with Gasteiger partial charge in [-0.15, -0.1) is 0 Å². The normalized spacial score (nSPS) is 15.6. The third-order valence-electron chi connectivity index (χ3n) is 1.99. The Balaban J connectivity index is 3.30. The van der Waals surface area contributed by atoms with E-state index in [0.717, 1.165) is 24.3 Å². The van der Waals surface area contributed by atoms with Gasteiger partial charge in [-0.05, 0) is 26.8 Å². The van der Waals surface area contributed by atoms with E-state index in [2.05, 4.69) is 12.2 Å². The Kier molecular flexibility index (Phi) is 8.71. The van der Waals surface area contributed by atoms with E-state index in [9.17, 15) is 4.21 Å². The lowest BCUT2D eigenvalue weighted by atomic mass is 10.3. The van der Waals surface area contributed by atoms with Crippen molar-refractivity contribution in [2.24, 2.45) is 0 Å². The minimum Gasteiger partial charge on any atom is -0.385 e. The molecule has 1 N–H and O–H groups in total. The fourth-order valence-electron chi connectivity index (χ4n) is 0.919. The zero-order valence-corrected chi connectivity index (χ0v) is 9.65. The second-order valence-corrected chi connectivity index (χ2v) is 4.87. The van der Waals surface area contributed by atoms with Crippen molar-refractivity contribution in [3.8, 4) is 0 Å². The molecule has 0 aromatic heterocycles. The van der Waals surface area contributed by atoms with Gasteiger partial charge in [-0.3, -0.25) is 4.21 Å². The molecule has 0 rings (SSSR count). The number of methoxy groups -OCH3 is 1. The van der Waals surface area contributed by atoms with Crippen molar-refractivity contribution in [1.82, 2.24) is 5.32 Å². The maximum absolute atomic E-state index is 11.4. The molecule has 13 heavy (non-hydrogen) atoms. The standard InChI is InChI=1S/C9H21NO2S/c1-9(10-2)5-8-13(11)7-4-6-12-3/h9-10H,4-8H2,1-3H3. The van der Waals surface area contributed by atoms with E-state index in [4.69, 9.17) is 4.74 Å². The van der Waals surface area contributed by atoms with Gasteiger partial charge in [-0.25, -0.2) is 0 Å². The summed E-state index contributed by atoms with van der Waals surface area (Å²) in [7, 11) is 2.94. The molecule has 0 aliphatic carbocycles. The first-order chi connectivity index (χ1) is 6.20. The van der Waals surface area contributed by atoms with E-state index in [-0.39, 0.29) is 0 Å². The van der Waals surface area contributed by atoms with Crippen LogP contribution in [0.3, 0.4) is 0 Å². The summed E-state index contributed by atoms with van der Waals surface area (Å²) in [4.78, 5) is 0. The van der Waals surface area contributed by atoms with Crippen molar-refractivity contribution in [2.75, 3.05) is 32.3 Å². The van der Waals surface area contributed by atoms with Gasteiger partial charge in [0.2, 0.25) is 0 Å². The summed E-state index contributed by atoms with van der Waals surface area (Å²) in [5, 5.41) is 3.13. The summed E-state index contributed by atoms with van der Waals surface area (Å²) in [6, 6.07) is 0.464. The number of nitrogens with one attached hydrogen (secondary N) is 1. The topological polar surface area (TPSA) is 38.3 Å². The summed E-state index contributed by atoms with van der Waals surface area (Å²) in [6.07, 6.45) is 1.88. The van der Waals surface area contributed by atoms with Gasteiger partial charge in [0.25, 0.3) is 0 Å². The third-order valence-corrected chi connectivity index (χ3v) is 3.43. The highest BCUT2D eigenvalue weighted by molar-refractivity contribution is 7.84. The Bertz CT molecular complexity index is 142. The van der Waals surface area contributed by atoms with Gasteiger partial charge in [0.15, 0.2) is 0 Å². The fourth-order valence-corrected chi connectivity index (χ4v) is 2.18. The van der Waals surface area contributed by atoms with Gasteiger partial charge in [-0.1, -0.05) is 0 Å². The van der Waals surface area contributed by atoms with Crippen LogP contribution in [0.4, 0.5) is 0 Å². The molecule has 0 aromatic rings. The van der Waals surface area contributed by atoms with Crippen LogP contribution in [-0.2, 0) is 15.5 Å². The molecule has 2 atom stereocenters. The Labute approximate surface area is 83.7 Å². The summed E-state index contributed by atoms with van der Waals surface area (Å²) >= 11 is 0. The second-order valence-electron chi connectivity index (χ2n) is 3.17. The first-order valence-corrected chi connectivity index (χ1v) is 6.20. The molecule has 0 radical (unpaired) electrons. The monoisotopic (exact) mass is 207 g/mol. The molecular formula is C9H21NO2S. The lowest BCUT2D eigenvalue weighted by molar-refractivity contribution is 0.200. The summed E-state index contributed by atoms with van der Waals surface area (Å²) < 4.78 is 16.3. The molecule has 0 aliphatic heterocycles. The lowest BCUT2D eigenvalue weighted by Gasteiger charge is -2.08. The molecule has 2 unspecified atom stereocenters. The SMILES string of the molecule is CNC(C)CCS(=O)CCCOC. The quantitative estimate of drug-likeness (QED) is 0.598.